The lowest BCUT2D eigenvalue weighted by Crippen LogP contribution is -2.63. The largest absolute Gasteiger partial charge is 0.416 e. The summed E-state index contributed by atoms with van der Waals surface area (Å²) in [5.41, 5.74) is 3.12. The van der Waals surface area contributed by atoms with Crippen LogP contribution in [-0.4, -0.2) is 55.0 Å². The van der Waals surface area contributed by atoms with E-state index in [1.165, 1.54) is 41.8 Å². The molecule has 3 N–H and O–H groups in total. The first-order chi connectivity index (χ1) is 17.3. The SMILES string of the molecule is O=C(CNC(=O)c1cccc(C(F)(F)F)c1)NC1CN(C2CCC(c3ccc4c(c3)NCC4)CC2)C1. The van der Waals surface area contributed by atoms with E-state index in [1.54, 1.807) is 0 Å². The maximum atomic E-state index is 12.8. The number of likely N-dealkylation sites (tertiary alicyclic amines) is 1. The van der Waals surface area contributed by atoms with Gasteiger partial charge in [-0.25, -0.2) is 0 Å². The number of rotatable bonds is 6. The standard InChI is InChI=1S/C27H31F3N4O2/c28-27(29,30)21-3-1-2-20(12-21)26(36)32-14-25(35)33-22-15-34(16-22)23-8-6-17(7-9-23)19-5-4-18-10-11-31-24(18)13-19/h1-5,12-13,17,22-23,31H,6-11,14-16H2,(H,32,36)(H,33,35). The molecule has 0 bridgehead atoms. The maximum absolute atomic E-state index is 12.8. The molecular weight excluding hydrogens is 469 g/mol. The lowest BCUT2D eigenvalue weighted by molar-refractivity contribution is -0.137. The third-order valence-electron chi connectivity index (χ3n) is 7.66. The number of halogens is 3. The molecule has 0 aromatic heterocycles. The number of nitrogens with one attached hydrogen (secondary N) is 3. The van der Waals surface area contributed by atoms with Crippen LogP contribution in [-0.2, 0) is 17.4 Å². The second-order valence-corrected chi connectivity index (χ2v) is 10.1. The number of anilines is 1. The summed E-state index contributed by atoms with van der Waals surface area (Å²) in [6.07, 6.45) is 1.20. The van der Waals surface area contributed by atoms with Crippen molar-refractivity contribution in [3.8, 4) is 0 Å². The van der Waals surface area contributed by atoms with Crippen LogP contribution in [0, 0.1) is 0 Å². The summed E-state index contributed by atoms with van der Waals surface area (Å²) in [5.74, 6) is -0.442. The summed E-state index contributed by atoms with van der Waals surface area (Å²) in [7, 11) is 0. The van der Waals surface area contributed by atoms with E-state index in [4.69, 9.17) is 0 Å². The monoisotopic (exact) mass is 500 g/mol. The van der Waals surface area contributed by atoms with Gasteiger partial charge in [0.1, 0.15) is 0 Å². The van der Waals surface area contributed by atoms with Crippen LogP contribution < -0.4 is 16.0 Å². The Hall–Kier alpha value is -3.07. The van der Waals surface area contributed by atoms with Crippen LogP contribution in [0.2, 0.25) is 0 Å². The molecule has 2 aromatic carbocycles. The molecule has 0 unspecified atom stereocenters. The molecule has 2 amide bonds. The van der Waals surface area contributed by atoms with Crippen molar-refractivity contribution in [1.82, 2.24) is 15.5 Å². The van der Waals surface area contributed by atoms with Gasteiger partial charge < -0.3 is 16.0 Å². The fourth-order valence-electron chi connectivity index (χ4n) is 5.62. The minimum Gasteiger partial charge on any atom is -0.384 e. The third kappa shape index (κ3) is 5.51. The number of hydrogen-bond donors (Lipinski definition) is 3. The number of carbonyl (C=O) groups is 2. The van der Waals surface area contributed by atoms with E-state index < -0.39 is 17.6 Å². The predicted molar refractivity (Wildman–Crippen MR) is 131 cm³/mol. The molecule has 2 aromatic rings. The molecule has 0 radical (unpaired) electrons. The van der Waals surface area contributed by atoms with Crippen molar-refractivity contribution in [3.63, 3.8) is 0 Å². The van der Waals surface area contributed by atoms with Crippen LogP contribution in [0.4, 0.5) is 18.9 Å². The van der Waals surface area contributed by atoms with E-state index in [0.717, 1.165) is 51.0 Å². The average molecular weight is 501 g/mol. The minimum absolute atomic E-state index is 0.0310. The van der Waals surface area contributed by atoms with Crippen molar-refractivity contribution in [3.05, 3.63) is 64.7 Å². The summed E-state index contributed by atoms with van der Waals surface area (Å²) in [5, 5.41) is 8.78. The molecule has 2 fully saturated rings. The number of fused-ring (bicyclic) bond motifs is 1. The maximum Gasteiger partial charge on any atom is 0.416 e. The number of amides is 2. The first-order valence-electron chi connectivity index (χ1n) is 12.6. The molecule has 5 rings (SSSR count). The summed E-state index contributed by atoms with van der Waals surface area (Å²) < 4.78 is 38.5. The highest BCUT2D eigenvalue weighted by atomic mass is 19.4. The number of carbonyl (C=O) groups excluding carboxylic acids is 2. The zero-order valence-corrected chi connectivity index (χ0v) is 20.0. The van der Waals surface area contributed by atoms with Crippen molar-refractivity contribution in [2.45, 2.75) is 56.3 Å². The molecule has 0 spiro atoms. The fourth-order valence-corrected chi connectivity index (χ4v) is 5.62. The third-order valence-corrected chi connectivity index (χ3v) is 7.66. The van der Waals surface area contributed by atoms with Crippen LogP contribution in [0.1, 0.15) is 58.6 Å². The molecule has 1 saturated carbocycles. The molecule has 0 atom stereocenters. The molecule has 1 saturated heterocycles. The Balaban J connectivity index is 1.02. The van der Waals surface area contributed by atoms with Gasteiger partial charge in [0.15, 0.2) is 0 Å². The van der Waals surface area contributed by atoms with Crippen molar-refractivity contribution in [2.75, 3.05) is 31.5 Å². The second-order valence-electron chi connectivity index (χ2n) is 10.1. The molecule has 1 aliphatic carbocycles. The normalized spacial score (nSPS) is 22.3. The highest BCUT2D eigenvalue weighted by molar-refractivity contribution is 5.96. The smallest absolute Gasteiger partial charge is 0.384 e. The lowest BCUT2D eigenvalue weighted by Gasteiger charge is -2.46. The molecule has 2 heterocycles. The Labute approximate surface area is 208 Å². The van der Waals surface area contributed by atoms with Crippen molar-refractivity contribution in [2.24, 2.45) is 0 Å². The Kier molecular flexibility index (Phi) is 6.92. The van der Waals surface area contributed by atoms with E-state index in [-0.39, 0.29) is 24.1 Å². The highest BCUT2D eigenvalue weighted by Crippen LogP contribution is 2.38. The first kappa shape index (κ1) is 24.6. The fraction of sp³-hybridized carbons (Fsp3) is 0.481. The van der Waals surface area contributed by atoms with Gasteiger partial charge in [-0.05, 0) is 73.4 Å². The molecule has 9 heteroatoms. The summed E-state index contributed by atoms with van der Waals surface area (Å²) in [6, 6.07) is 11.6. The Bertz CT molecular complexity index is 1120. The van der Waals surface area contributed by atoms with Crippen LogP contribution in [0.15, 0.2) is 42.5 Å². The Morgan fingerprint density at radius 3 is 2.56 bits per heavy atom. The lowest BCUT2D eigenvalue weighted by atomic mass is 9.80. The summed E-state index contributed by atoms with van der Waals surface area (Å²) in [6.45, 7) is 2.32. The molecule has 6 nitrogen and oxygen atoms in total. The van der Waals surface area contributed by atoms with Crippen LogP contribution in [0.5, 0.6) is 0 Å². The van der Waals surface area contributed by atoms with Crippen molar-refractivity contribution >= 4 is 17.5 Å². The van der Waals surface area contributed by atoms with Crippen LogP contribution in [0.25, 0.3) is 0 Å². The van der Waals surface area contributed by atoms with Gasteiger partial charge in [0.25, 0.3) is 5.91 Å². The molecule has 3 aliphatic rings. The summed E-state index contributed by atoms with van der Waals surface area (Å²) >= 11 is 0. The zero-order chi connectivity index (χ0) is 25.3. The number of alkyl halides is 3. The average Bonchev–Trinajstić information content (AvgIpc) is 3.32. The molecule has 192 valence electrons. The van der Waals surface area contributed by atoms with Gasteiger partial charge >= 0.3 is 6.18 Å². The molecule has 2 aliphatic heterocycles. The molecular formula is C27H31F3N4O2. The minimum atomic E-state index is -4.53. The summed E-state index contributed by atoms with van der Waals surface area (Å²) in [4.78, 5) is 26.8. The topological polar surface area (TPSA) is 73.5 Å². The van der Waals surface area contributed by atoms with Gasteiger partial charge in [-0.15, -0.1) is 0 Å². The predicted octanol–water partition coefficient (Wildman–Crippen LogP) is 3.93. The Morgan fingerprint density at radius 1 is 1.03 bits per heavy atom. The number of nitrogens with zero attached hydrogens (tertiary/aromatic N) is 1. The second kappa shape index (κ2) is 10.1. The van der Waals surface area contributed by atoms with Crippen LogP contribution in [0.3, 0.4) is 0 Å². The van der Waals surface area contributed by atoms with E-state index in [2.05, 4.69) is 39.0 Å². The van der Waals surface area contributed by atoms with Crippen molar-refractivity contribution < 1.29 is 22.8 Å². The van der Waals surface area contributed by atoms with Crippen LogP contribution >= 0.6 is 0 Å². The van der Waals surface area contributed by atoms with E-state index in [9.17, 15) is 22.8 Å². The van der Waals surface area contributed by atoms with Crippen molar-refractivity contribution in [1.29, 1.82) is 0 Å². The number of benzene rings is 2. The number of hydrogen-bond acceptors (Lipinski definition) is 4. The van der Waals surface area contributed by atoms with E-state index in [1.807, 2.05) is 0 Å². The van der Waals surface area contributed by atoms with Gasteiger partial charge in [0.05, 0.1) is 18.2 Å². The van der Waals surface area contributed by atoms with Gasteiger partial charge in [0.2, 0.25) is 5.91 Å². The van der Waals surface area contributed by atoms with Gasteiger partial charge in [-0.2, -0.15) is 13.2 Å². The van der Waals surface area contributed by atoms with Gasteiger partial charge in [-0.3, -0.25) is 14.5 Å². The zero-order valence-electron chi connectivity index (χ0n) is 20.0. The Morgan fingerprint density at radius 2 is 1.81 bits per heavy atom. The first-order valence-corrected chi connectivity index (χ1v) is 12.6. The van der Waals surface area contributed by atoms with E-state index >= 15 is 0 Å². The van der Waals surface area contributed by atoms with E-state index in [0.29, 0.717) is 12.0 Å². The molecule has 36 heavy (non-hydrogen) atoms. The van der Waals surface area contributed by atoms with Gasteiger partial charge in [-0.1, -0.05) is 18.2 Å². The highest BCUT2D eigenvalue weighted by Gasteiger charge is 2.35. The van der Waals surface area contributed by atoms with Gasteiger partial charge in [0, 0.05) is 36.9 Å². The quantitative estimate of drug-likeness (QED) is 0.562.